The van der Waals surface area contributed by atoms with Gasteiger partial charge in [0.05, 0.1) is 16.2 Å². The zero-order valence-electron chi connectivity index (χ0n) is 10.8. The van der Waals surface area contributed by atoms with Crippen LogP contribution < -0.4 is 10.2 Å². The number of thiocarbonyl (C=S) groups is 1. The number of nitrogens with one attached hydrogen (secondary N) is 1. The van der Waals surface area contributed by atoms with Crippen LogP contribution >= 0.6 is 24.0 Å². The van der Waals surface area contributed by atoms with Crippen molar-refractivity contribution in [2.45, 2.75) is 13.3 Å². The van der Waals surface area contributed by atoms with Gasteiger partial charge in [0.1, 0.15) is 4.32 Å². The molecule has 4 nitrogen and oxygen atoms in total. The number of amides is 2. The molecule has 0 aliphatic carbocycles. The fourth-order valence-corrected chi connectivity index (χ4v) is 3.54. The van der Waals surface area contributed by atoms with Crippen molar-refractivity contribution in [3.05, 3.63) is 34.7 Å². The second kappa shape index (κ2) is 5.03. The van der Waals surface area contributed by atoms with Gasteiger partial charge in [0, 0.05) is 12.1 Å². The maximum atomic E-state index is 12.6. The third-order valence-electron chi connectivity index (χ3n) is 3.21. The summed E-state index contributed by atoms with van der Waals surface area (Å²) < 4.78 is 0.400. The van der Waals surface area contributed by atoms with E-state index in [-0.39, 0.29) is 11.8 Å². The quantitative estimate of drug-likeness (QED) is 0.673. The first-order chi connectivity index (χ1) is 9.63. The number of para-hydroxylation sites is 1. The molecule has 0 unspecified atom stereocenters. The van der Waals surface area contributed by atoms with E-state index in [1.807, 2.05) is 31.2 Å². The minimum atomic E-state index is -0.281. The number of rotatable bonds is 2. The number of carbonyl (C=O) groups is 2. The first kappa shape index (κ1) is 13.3. The molecular weight excluding hydrogens is 292 g/mol. The van der Waals surface area contributed by atoms with Crippen LogP contribution in [0.5, 0.6) is 0 Å². The van der Waals surface area contributed by atoms with Gasteiger partial charge in [-0.05, 0) is 12.5 Å². The normalized spacial score (nSPS) is 21.4. The molecule has 2 heterocycles. The van der Waals surface area contributed by atoms with Crippen LogP contribution in [0.1, 0.15) is 18.9 Å². The molecule has 0 bridgehead atoms. The standard InChI is InChI=1S/C14H12N2O2S2/c1-2-7-16-9-6-4-3-5-8(9)10(13(16)18)11-12(17)15-14(19)20-11/h3-6H,2,7H2,1H3,(H,15,17,19)/b11-10+. The van der Waals surface area contributed by atoms with Crippen LogP contribution in [0, 0.1) is 0 Å². The highest BCUT2D eigenvalue weighted by Crippen LogP contribution is 2.42. The predicted octanol–water partition coefficient (Wildman–Crippen LogP) is 2.30. The highest BCUT2D eigenvalue weighted by atomic mass is 32.2. The molecule has 2 aliphatic heterocycles. The highest BCUT2D eigenvalue weighted by molar-refractivity contribution is 8.27. The van der Waals surface area contributed by atoms with Crippen molar-refractivity contribution in [3.8, 4) is 0 Å². The van der Waals surface area contributed by atoms with Gasteiger partial charge in [-0.2, -0.15) is 0 Å². The number of benzene rings is 1. The third kappa shape index (κ3) is 1.96. The average Bonchev–Trinajstić information content (AvgIpc) is 2.88. The van der Waals surface area contributed by atoms with E-state index in [9.17, 15) is 9.59 Å². The van der Waals surface area contributed by atoms with E-state index in [0.717, 1.165) is 29.4 Å². The van der Waals surface area contributed by atoms with Crippen LogP contribution in [0.15, 0.2) is 29.2 Å². The van der Waals surface area contributed by atoms with E-state index in [1.54, 1.807) is 4.90 Å². The Morgan fingerprint density at radius 1 is 1.30 bits per heavy atom. The van der Waals surface area contributed by atoms with Crippen LogP contribution in [0.25, 0.3) is 5.57 Å². The maximum Gasteiger partial charge on any atom is 0.264 e. The maximum absolute atomic E-state index is 12.6. The smallest absolute Gasteiger partial charge is 0.264 e. The molecule has 1 N–H and O–H groups in total. The number of anilines is 1. The number of thioether (sulfide) groups is 1. The van der Waals surface area contributed by atoms with Crippen molar-refractivity contribution in [3.63, 3.8) is 0 Å². The van der Waals surface area contributed by atoms with Gasteiger partial charge >= 0.3 is 0 Å². The zero-order valence-corrected chi connectivity index (χ0v) is 12.4. The molecule has 2 aliphatic rings. The van der Waals surface area contributed by atoms with Gasteiger partial charge in [0.15, 0.2) is 0 Å². The molecule has 0 atom stereocenters. The predicted molar refractivity (Wildman–Crippen MR) is 84.3 cm³/mol. The van der Waals surface area contributed by atoms with Crippen molar-refractivity contribution < 1.29 is 9.59 Å². The second-order valence-electron chi connectivity index (χ2n) is 4.52. The van der Waals surface area contributed by atoms with Crippen molar-refractivity contribution in [2.24, 2.45) is 0 Å². The topological polar surface area (TPSA) is 49.4 Å². The number of fused-ring (bicyclic) bond motifs is 1. The Kier molecular flexibility index (Phi) is 3.35. The summed E-state index contributed by atoms with van der Waals surface area (Å²) in [5.74, 6) is -0.396. The lowest BCUT2D eigenvalue weighted by molar-refractivity contribution is -0.116. The van der Waals surface area contributed by atoms with Crippen molar-refractivity contribution in [2.75, 3.05) is 11.4 Å². The van der Waals surface area contributed by atoms with Crippen molar-refractivity contribution in [1.82, 2.24) is 5.32 Å². The molecule has 1 saturated heterocycles. The molecule has 6 heteroatoms. The Hall–Kier alpha value is -1.66. The van der Waals surface area contributed by atoms with E-state index in [1.165, 1.54) is 0 Å². The summed E-state index contributed by atoms with van der Waals surface area (Å²) >= 11 is 6.16. The Bertz CT molecular complexity index is 667. The molecule has 2 amide bonds. The summed E-state index contributed by atoms with van der Waals surface area (Å²) in [5.41, 5.74) is 2.15. The molecule has 1 aromatic rings. The van der Waals surface area contributed by atoms with Gasteiger partial charge in [-0.15, -0.1) is 0 Å². The van der Waals surface area contributed by atoms with Gasteiger partial charge in [-0.25, -0.2) is 0 Å². The average molecular weight is 304 g/mol. The summed E-state index contributed by atoms with van der Waals surface area (Å²) in [7, 11) is 0. The Balaban J connectivity index is 2.18. The van der Waals surface area contributed by atoms with E-state index >= 15 is 0 Å². The zero-order chi connectivity index (χ0) is 14.3. The van der Waals surface area contributed by atoms with Crippen LogP contribution in [0.4, 0.5) is 5.69 Å². The Morgan fingerprint density at radius 2 is 2.05 bits per heavy atom. The van der Waals surface area contributed by atoms with E-state index in [4.69, 9.17) is 12.2 Å². The molecule has 0 radical (unpaired) electrons. The molecule has 102 valence electrons. The van der Waals surface area contributed by atoms with E-state index in [2.05, 4.69) is 5.32 Å². The van der Waals surface area contributed by atoms with Crippen LogP contribution in [-0.2, 0) is 9.59 Å². The lowest BCUT2D eigenvalue weighted by atomic mass is 10.1. The lowest BCUT2D eigenvalue weighted by Crippen LogP contribution is -2.27. The van der Waals surface area contributed by atoms with Gasteiger partial charge in [0.25, 0.3) is 11.8 Å². The summed E-state index contributed by atoms with van der Waals surface area (Å²) in [6, 6.07) is 7.56. The molecule has 0 saturated carbocycles. The summed E-state index contributed by atoms with van der Waals surface area (Å²) in [6.45, 7) is 2.66. The first-order valence-electron chi connectivity index (χ1n) is 6.32. The summed E-state index contributed by atoms with van der Waals surface area (Å²) in [4.78, 5) is 26.7. The van der Waals surface area contributed by atoms with E-state index < -0.39 is 0 Å². The van der Waals surface area contributed by atoms with Gasteiger partial charge < -0.3 is 10.2 Å². The number of hydrogen-bond acceptors (Lipinski definition) is 4. The number of carbonyl (C=O) groups excluding carboxylic acids is 2. The van der Waals surface area contributed by atoms with E-state index in [0.29, 0.717) is 21.3 Å². The largest absolute Gasteiger partial charge is 0.308 e. The molecule has 1 fully saturated rings. The minimum Gasteiger partial charge on any atom is -0.308 e. The molecular formula is C14H12N2O2S2. The Morgan fingerprint density at radius 3 is 2.70 bits per heavy atom. The minimum absolute atomic E-state index is 0.115. The fraction of sp³-hybridized carbons (Fsp3) is 0.214. The molecule has 1 aromatic carbocycles. The molecule has 0 aromatic heterocycles. The molecule has 20 heavy (non-hydrogen) atoms. The van der Waals surface area contributed by atoms with Gasteiger partial charge in [-0.3, -0.25) is 9.59 Å². The van der Waals surface area contributed by atoms with Crippen LogP contribution in [-0.4, -0.2) is 22.7 Å². The summed E-state index contributed by atoms with van der Waals surface area (Å²) in [5, 5.41) is 2.57. The summed E-state index contributed by atoms with van der Waals surface area (Å²) in [6.07, 6.45) is 0.862. The van der Waals surface area contributed by atoms with Crippen molar-refractivity contribution >= 4 is 51.4 Å². The monoisotopic (exact) mass is 304 g/mol. The molecule has 0 spiro atoms. The lowest BCUT2D eigenvalue weighted by Gasteiger charge is -2.15. The van der Waals surface area contributed by atoms with Gasteiger partial charge in [0.2, 0.25) is 0 Å². The number of hydrogen-bond donors (Lipinski definition) is 1. The first-order valence-corrected chi connectivity index (χ1v) is 7.54. The van der Waals surface area contributed by atoms with Crippen LogP contribution in [0.2, 0.25) is 0 Å². The SMILES string of the molecule is CCCN1C(=O)/C(=C2/SC(=S)NC2=O)c2ccccc21. The van der Waals surface area contributed by atoms with Gasteiger partial charge in [-0.1, -0.05) is 49.1 Å². The molecule has 3 rings (SSSR count). The fourth-order valence-electron chi connectivity index (χ4n) is 2.42. The highest BCUT2D eigenvalue weighted by Gasteiger charge is 2.38. The second-order valence-corrected chi connectivity index (χ2v) is 6.21. The Labute approximate surface area is 126 Å². The van der Waals surface area contributed by atoms with Crippen LogP contribution in [0.3, 0.4) is 0 Å². The van der Waals surface area contributed by atoms with Crippen molar-refractivity contribution in [1.29, 1.82) is 0 Å². The number of nitrogens with zero attached hydrogens (tertiary/aromatic N) is 1. The third-order valence-corrected chi connectivity index (χ3v) is 4.45.